The third kappa shape index (κ3) is 7.58. The van der Waals surface area contributed by atoms with E-state index in [2.05, 4.69) is 24.5 Å². The van der Waals surface area contributed by atoms with Gasteiger partial charge in [0.1, 0.15) is 0 Å². The monoisotopic (exact) mass is 560 g/mol. The van der Waals surface area contributed by atoms with Gasteiger partial charge in [0, 0.05) is 23.9 Å². The molecule has 0 aliphatic heterocycles. The molecule has 0 radical (unpaired) electrons. The van der Waals surface area contributed by atoms with Crippen LogP contribution in [0.25, 0.3) is 0 Å². The minimum Gasteiger partial charge on any atom is -0.469 e. The Kier molecular flexibility index (Phi) is 10.9. The molecule has 2 amide bonds. The lowest BCUT2D eigenvalue weighted by molar-refractivity contribution is -0.148. The van der Waals surface area contributed by atoms with E-state index in [0.29, 0.717) is 23.7 Å². The molecule has 6 unspecified atom stereocenters. The van der Waals surface area contributed by atoms with E-state index in [0.717, 1.165) is 89.9 Å². The van der Waals surface area contributed by atoms with Gasteiger partial charge in [0.15, 0.2) is 0 Å². The molecule has 8 heteroatoms. The van der Waals surface area contributed by atoms with Crippen molar-refractivity contribution in [1.29, 1.82) is 0 Å². The second-order valence-corrected chi connectivity index (χ2v) is 13.5. The molecule has 6 atom stereocenters. The van der Waals surface area contributed by atoms with E-state index in [1.807, 2.05) is 0 Å². The highest BCUT2D eigenvalue weighted by Gasteiger charge is 2.39. The molecule has 0 spiro atoms. The molecular weight excluding hydrogens is 508 g/mol. The molecule has 0 aromatic carbocycles. The molecule has 0 aromatic heterocycles. The predicted molar refractivity (Wildman–Crippen MR) is 152 cm³/mol. The van der Waals surface area contributed by atoms with Gasteiger partial charge in [0.25, 0.3) is 0 Å². The molecule has 0 heterocycles. The van der Waals surface area contributed by atoms with Gasteiger partial charge in [-0.2, -0.15) is 0 Å². The first-order valence-electron chi connectivity index (χ1n) is 16.0. The van der Waals surface area contributed by atoms with E-state index in [-0.39, 0.29) is 59.5 Å². The topological polar surface area (TPSA) is 111 Å². The van der Waals surface area contributed by atoms with Gasteiger partial charge in [0.2, 0.25) is 11.8 Å². The summed E-state index contributed by atoms with van der Waals surface area (Å²) in [5.74, 6) is 2.27. The van der Waals surface area contributed by atoms with E-state index in [9.17, 15) is 19.2 Å². The van der Waals surface area contributed by atoms with Crippen LogP contribution >= 0.6 is 0 Å². The van der Waals surface area contributed by atoms with Crippen LogP contribution in [0.15, 0.2) is 0 Å². The van der Waals surface area contributed by atoms with Gasteiger partial charge in [0.05, 0.1) is 26.1 Å². The summed E-state index contributed by atoms with van der Waals surface area (Å²) in [6.07, 6.45) is 12.7. The highest BCUT2D eigenvalue weighted by atomic mass is 16.5. The molecular formula is C32H52N2O6. The van der Waals surface area contributed by atoms with Crippen molar-refractivity contribution in [3.05, 3.63) is 0 Å². The van der Waals surface area contributed by atoms with Crippen LogP contribution in [0.1, 0.15) is 104 Å². The summed E-state index contributed by atoms with van der Waals surface area (Å²) in [7, 11) is 2.87. The number of methoxy groups -OCH3 is 2. The van der Waals surface area contributed by atoms with Crippen LogP contribution in [0.2, 0.25) is 0 Å². The van der Waals surface area contributed by atoms with Crippen molar-refractivity contribution in [3.63, 3.8) is 0 Å². The van der Waals surface area contributed by atoms with E-state index in [1.165, 1.54) is 14.2 Å². The summed E-state index contributed by atoms with van der Waals surface area (Å²) in [6.45, 7) is 4.57. The largest absolute Gasteiger partial charge is 0.469 e. The van der Waals surface area contributed by atoms with E-state index in [1.54, 1.807) is 0 Å². The Morgan fingerprint density at radius 2 is 0.825 bits per heavy atom. The van der Waals surface area contributed by atoms with Crippen molar-refractivity contribution in [1.82, 2.24) is 10.6 Å². The smallest absolute Gasteiger partial charge is 0.308 e. The van der Waals surface area contributed by atoms with Crippen molar-refractivity contribution in [2.45, 2.75) is 116 Å². The van der Waals surface area contributed by atoms with Crippen molar-refractivity contribution in [2.75, 3.05) is 14.2 Å². The standard InChI is InChI=1S/C32H52N2O6/c1-19-17-25(13-15-27(19)33-29(35)21-5-9-23(10-6-21)31(37)39-3)26-14-16-28(20(2)18-26)34-30(36)22-7-11-24(12-8-22)32(38)40-4/h19-28H,5-18H2,1-4H3,(H,33,35)(H,34,36). The number of carbonyl (C=O) groups excluding carboxylic acids is 4. The molecule has 0 saturated heterocycles. The van der Waals surface area contributed by atoms with Gasteiger partial charge in [-0.1, -0.05) is 13.8 Å². The van der Waals surface area contributed by atoms with Gasteiger partial charge >= 0.3 is 11.9 Å². The van der Waals surface area contributed by atoms with Crippen LogP contribution in [0.3, 0.4) is 0 Å². The maximum atomic E-state index is 13.0. The Hall–Kier alpha value is -2.12. The van der Waals surface area contributed by atoms with Crippen LogP contribution in [0.4, 0.5) is 0 Å². The Morgan fingerprint density at radius 1 is 0.500 bits per heavy atom. The van der Waals surface area contributed by atoms with Crippen molar-refractivity contribution < 1.29 is 28.7 Å². The second kappa shape index (κ2) is 14.2. The average Bonchev–Trinajstić information content (AvgIpc) is 2.98. The first-order valence-corrected chi connectivity index (χ1v) is 16.0. The minimum absolute atomic E-state index is 0.0139. The highest BCUT2D eigenvalue weighted by molar-refractivity contribution is 5.80. The van der Waals surface area contributed by atoms with Crippen molar-refractivity contribution >= 4 is 23.8 Å². The third-order valence-corrected chi connectivity index (χ3v) is 11.0. The van der Waals surface area contributed by atoms with Crippen LogP contribution in [-0.4, -0.2) is 50.1 Å². The molecule has 8 nitrogen and oxygen atoms in total. The van der Waals surface area contributed by atoms with E-state index >= 15 is 0 Å². The summed E-state index contributed by atoms with van der Waals surface area (Å²) in [6, 6.07) is 0.480. The Labute approximate surface area is 240 Å². The molecule has 4 aliphatic rings. The normalized spacial score (nSPS) is 38.5. The molecule has 4 saturated carbocycles. The number of esters is 2. The molecule has 0 bridgehead atoms. The third-order valence-electron chi connectivity index (χ3n) is 11.0. The maximum Gasteiger partial charge on any atom is 0.308 e. The van der Waals surface area contributed by atoms with Crippen molar-refractivity contribution in [3.8, 4) is 0 Å². The lowest BCUT2D eigenvalue weighted by atomic mass is 9.66. The van der Waals surface area contributed by atoms with Crippen molar-refractivity contribution in [2.24, 2.45) is 47.3 Å². The van der Waals surface area contributed by atoms with E-state index < -0.39 is 0 Å². The van der Waals surface area contributed by atoms with Gasteiger partial charge in [-0.05, 0) is 114 Å². The maximum absolute atomic E-state index is 13.0. The fraction of sp³-hybridized carbons (Fsp3) is 0.875. The summed E-state index contributed by atoms with van der Waals surface area (Å²) in [5.41, 5.74) is 0. The summed E-state index contributed by atoms with van der Waals surface area (Å²) < 4.78 is 9.75. The molecule has 4 fully saturated rings. The zero-order valence-electron chi connectivity index (χ0n) is 25.1. The number of carbonyl (C=O) groups is 4. The Balaban J connectivity index is 1.17. The number of amides is 2. The minimum atomic E-state index is -0.143. The van der Waals surface area contributed by atoms with Crippen LogP contribution in [0.5, 0.6) is 0 Å². The number of hydrogen-bond acceptors (Lipinski definition) is 6. The number of nitrogens with one attached hydrogen (secondary N) is 2. The molecule has 4 rings (SSSR count). The Morgan fingerprint density at radius 3 is 1.12 bits per heavy atom. The number of ether oxygens (including phenoxy) is 2. The summed E-state index contributed by atoms with van der Waals surface area (Å²) >= 11 is 0. The fourth-order valence-electron chi connectivity index (χ4n) is 8.28. The van der Waals surface area contributed by atoms with Gasteiger partial charge in [-0.15, -0.1) is 0 Å². The highest BCUT2D eigenvalue weighted by Crippen LogP contribution is 2.42. The number of rotatable bonds is 7. The zero-order valence-corrected chi connectivity index (χ0v) is 25.1. The molecule has 2 N–H and O–H groups in total. The number of hydrogen-bond donors (Lipinski definition) is 2. The Bertz CT molecular complexity index is 820. The quantitative estimate of drug-likeness (QED) is 0.433. The molecule has 4 aliphatic carbocycles. The van der Waals surface area contributed by atoms with Gasteiger partial charge < -0.3 is 20.1 Å². The summed E-state index contributed by atoms with van der Waals surface area (Å²) in [4.78, 5) is 49.6. The SMILES string of the molecule is COC(=O)C1CCC(C(=O)NC2CCC(C3CCC(NC(=O)C4CCC(C(=O)OC)CC4)C(C)C3)CC2C)CC1. The lowest BCUT2D eigenvalue weighted by Crippen LogP contribution is -2.48. The van der Waals surface area contributed by atoms with Gasteiger partial charge in [-0.25, -0.2) is 0 Å². The molecule has 226 valence electrons. The average molecular weight is 561 g/mol. The zero-order chi connectivity index (χ0) is 28.8. The second-order valence-electron chi connectivity index (χ2n) is 13.5. The first-order chi connectivity index (χ1) is 19.2. The first kappa shape index (κ1) is 30.8. The summed E-state index contributed by atoms with van der Waals surface area (Å²) in [5, 5.41) is 6.74. The molecule has 0 aromatic rings. The van der Waals surface area contributed by atoms with Gasteiger partial charge in [-0.3, -0.25) is 19.2 Å². The predicted octanol–water partition coefficient (Wildman–Crippen LogP) is 4.79. The van der Waals surface area contributed by atoms with Crippen LogP contribution in [0, 0.1) is 47.3 Å². The van der Waals surface area contributed by atoms with Crippen LogP contribution in [-0.2, 0) is 28.7 Å². The lowest BCUT2D eigenvalue weighted by Gasteiger charge is -2.43. The van der Waals surface area contributed by atoms with Crippen LogP contribution < -0.4 is 10.6 Å². The fourth-order valence-corrected chi connectivity index (χ4v) is 8.28. The van der Waals surface area contributed by atoms with E-state index in [4.69, 9.17) is 9.47 Å². The molecule has 40 heavy (non-hydrogen) atoms.